The highest BCUT2D eigenvalue weighted by atomic mass is 79.9. The molecule has 2 unspecified atom stereocenters. The number of rotatable bonds is 3. The number of ether oxygens (including phenoxy) is 3. The molecule has 1 fully saturated rings. The van der Waals surface area contributed by atoms with E-state index in [1.165, 1.54) is 0 Å². The summed E-state index contributed by atoms with van der Waals surface area (Å²) in [6.45, 7) is 1.85. The Hall–Kier alpha value is -0.290. The second kappa shape index (κ2) is 6.05. The molecule has 0 amide bonds. The van der Waals surface area contributed by atoms with Gasteiger partial charge >= 0.3 is 0 Å². The van der Waals surface area contributed by atoms with Crippen LogP contribution in [0.4, 0.5) is 0 Å². The number of halogens is 2. The fourth-order valence-electron chi connectivity index (χ4n) is 1.80. The molecule has 2 atom stereocenters. The molecule has 5 heteroatoms. The lowest BCUT2D eigenvalue weighted by molar-refractivity contribution is -0.0877. The molecule has 0 radical (unpaired) electrons. The Morgan fingerprint density at radius 2 is 2.29 bits per heavy atom. The first-order valence-electron chi connectivity index (χ1n) is 5.39. The summed E-state index contributed by atoms with van der Waals surface area (Å²) in [6.07, 6.45) is -0.0175. The van der Waals surface area contributed by atoms with Crippen molar-refractivity contribution in [2.45, 2.75) is 10.9 Å². The van der Waals surface area contributed by atoms with Gasteiger partial charge in [0.2, 0.25) is 0 Å². The SMILES string of the molecule is COc1ccc(Cl)cc1C(Br)C1COCCO1. The van der Waals surface area contributed by atoms with Gasteiger partial charge in [0, 0.05) is 10.6 Å². The van der Waals surface area contributed by atoms with Crippen molar-refractivity contribution < 1.29 is 14.2 Å². The molecule has 1 aliphatic heterocycles. The summed E-state index contributed by atoms with van der Waals surface area (Å²) < 4.78 is 16.4. The molecule has 1 saturated heterocycles. The average molecular weight is 322 g/mol. The van der Waals surface area contributed by atoms with Crippen molar-refractivity contribution in [2.75, 3.05) is 26.9 Å². The van der Waals surface area contributed by atoms with E-state index < -0.39 is 0 Å². The second-order valence-corrected chi connectivity index (χ2v) is 5.20. The molecule has 1 aliphatic rings. The third kappa shape index (κ3) is 3.13. The van der Waals surface area contributed by atoms with Crippen LogP contribution < -0.4 is 4.74 Å². The van der Waals surface area contributed by atoms with Crippen molar-refractivity contribution in [2.24, 2.45) is 0 Å². The molecule has 0 N–H and O–H groups in total. The van der Waals surface area contributed by atoms with E-state index in [1.807, 2.05) is 18.2 Å². The Morgan fingerprint density at radius 1 is 1.47 bits per heavy atom. The summed E-state index contributed by atoms with van der Waals surface area (Å²) in [7, 11) is 1.64. The average Bonchev–Trinajstić information content (AvgIpc) is 2.39. The van der Waals surface area contributed by atoms with Crippen LogP contribution in [-0.2, 0) is 9.47 Å². The highest BCUT2D eigenvalue weighted by Gasteiger charge is 2.26. The van der Waals surface area contributed by atoms with Crippen LogP contribution in [0.2, 0.25) is 5.02 Å². The Bertz CT molecular complexity index is 380. The Morgan fingerprint density at radius 3 is 2.94 bits per heavy atom. The second-order valence-electron chi connectivity index (χ2n) is 3.77. The van der Waals surface area contributed by atoms with Crippen LogP contribution in [0, 0.1) is 0 Å². The zero-order chi connectivity index (χ0) is 12.3. The van der Waals surface area contributed by atoms with Gasteiger partial charge in [-0.15, -0.1) is 0 Å². The van der Waals surface area contributed by atoms with Crippen LogP contribution >= 0.6 is 27.5 Å². The van der Waals surface area contributed by atoms with Gasteiger partial charge < -0.3 is 14.2 Å². The van der Waals surface area contributed by atoms with Gasteiger partial charge in [-0.3, -0.25) is 0 Å². The smallest absolute Gasteiger partial charge is 0.123 e. The summed E-state index contributed by atoms with van der Waals surface area (Å²) in [5.41, 5.74) is 0.982. The maximum absolute atomic E-state index is 6.01. The molecular formula is C12H14BrClO3. The highest BCUT2D eigenvalue weighted by Crippen LogP contribution is 2.37. The topological polar surface area (TPSA) is 27.7 Å². The van der Waals surface area contributed by atoms with Crippen LogP contribution in [0.1, 0.15) is 10.4 Å². The van der Waals surface area contributed by atoms with Crippen molar-refractivity contribution in [1.29, 1.82) is 0 Å². The highest BCUT2D eigenvalue weighted by molar-refractivity contribution is 9.09. The third-order valence-corrected chi connectivity index (χ3v) is 3.97. The van der Waals surface area contributed by atoms with Crippen LogP contribution in [0.3, 0.4) is 0 Å². The van der Waals surface area contributed by atoms with E-state index >= 15 is 0 Å². The maximum atomic E-state index is 6.01. The van der Waals surface area contributed by atoms with Gasteiger partial charge in [-0.05, 0) is 18.2 Å². The molecule has 2 rings (SSSR count). The molecule has 17 heavy (non-hydrogen) atoms. The zero-order valence-electron chi connectivity index (χ0n) is 9.49. The predicted octanol–water partition coefficient (Wildman–Crippen LogP) is 3.20. The summed E-state index contributed by atoms with van der Waals surface area (Å²) in [5, 5.41) is 0.682. The first kappa shape index (κ1) is 13.1. The number of methoxy groups -OCH3 is 1. The van der Waals surface area contributed by atoms with E-state index in [-0.39, 0.29) is 10.9 Å². The lowest BCUT2D eigenvalue weighted by Crippen LogP contribution is -2.31. The molecule has 94 valence electrons. The van der Waals surface area contributed by atoms with Crippen LogP contribution in [0.5, 0.6) is 5.75 Å². The van der Waals surface area contributed by atoms with E-state index in [9.17, 15) is 0 Å². The van der Waals surface area contributed by atoms with Crippen molar-refractivity contribution >= 4 is 27.5 Å². The Balaban J connectivity index is 2.21. The number of hydrogen-bond donors (Lipinski definition) is 0. The van der Waals surface area contributed by atoms with Crippen molar-refractivity contribution in [3.05, 3.63) is 28.8 Å². The lowest BCUT2D eigenvalue weighted by Gasteiger charge is -2.28. The molecular weight excluding hydrogens is 307 g/mol. The van der Waals surface area contributed by atoms with Gasteiger partial charge in [0.15, 0.2) is 0 Å². The molecule has 1 aromatic rings. The molecule has 0 aliphatic carbocycles. The zero-order valence-corrected chi connectivity index (χ0v) is 11.8. The van der Waals surface area contributed by atoms with E-state index in [4.69, 9.17) is 25.8 Å². The van der Waals surface area contributed by atoms with Crippen molar-refractivity contribution in [3.63, 3.8) is 0 Å². The molecule has 1 heterocycles. The van der Waals surface area contributed by atoms with Gasteiger partial charge in [-0.25, -0.2) is 0 Å². The first-order valence-corrected chi connectivity index (χ1v) is 6.68. The normalized spacial score (nSPS) is 22.2. The van der Waals surface area contributed by atoms with Crippen LogP contribution in [-0.4, -0.2) is 33.0 Å². The monoisotopic (exact) mass is 320 g/mol. The van der Waals surface area contributed by atoms with E-state index in [0.29, 0.717) is 24.8 Å². The molecule has 0 aromatic heterocycles. The van der Waals surface area contributed by atoms with Crippen molar-refractivity contribution in [3.8, 4) is 5.75 Å². The van der Waals surface area contributed by atoms with Gasteiger partial charge in [-0.1, -0.05) is 27.5 Å². The largest absolute Gasteiger partial charge is 0.496 e. The van der Waals surface area contributed by atoms with Gasteiger partial charge in [0.05, 0.1) is 37.9 Å². The Labute approximate surface area is 114 Å². The summed E-state index contributed by atoms with van der Waals surface area (Å²) in [5.74, 6) is 0.797. The number of hydrogen-bond acceptors (Lipinski definition) is 3. The van der Waals surface area contributed by atoms with E-state index in [2.05, 4.69) is 15.9 Å². The minimum Gasteiger partial charge on any atom is -0.496 e. The number of benzene rings is 1. The van der Waals surface area contributed by atoms with E-state index in [0.717, 1.165) is 11.3 Å². The van der Waals surface area contributed by atoms with Crippen molar-refractivity contribution in [1.82, 2.24) is 0 Å². The molecule has 1 aromatic carbocycles. The van der Waals surface area contributed by atoms with Crippen LogP contribution in [0.15, 0.2) is 18.2 Å². The van der Waals surface area contributed by atoms with Crippen LogP contribution in [0.25, 0.3) is 0 Å². The fourth-order valence-corrected chi connectivity index (χ4v) is 2.64. The molecule has 0 bridgehead atoms. The molecule has 0 saturated carbocycles. The minimum atomic E-state index is -0.0175. The van der Waals surface area contributed by atoms with Gasteiger partial charge in [0.1, 0.15) is 5.75 Å². The molecule has 0 spiro atoms. The lowest BCUT2D eigenvalue weighted by atomic mass is 10.1. The summed E-state index contributed by atoms with van der Waals surface area (Å²) >= 11 is 9.64. The standard InChI is InChI=1S/C12H14BrClO3/c1-15-10-3-2-8(14)6-9(10)12(13)11-7-16-4-5-17-11/h2-3,6,11-12H,4-5,7H2,1H3. The minimum absolute atomic E-state index is 0.0106. The summed E-state index contributed by atoms with van der Waals surface area (Å²) in [6, 6.07) is 5.55. The Kier molecular flexibility index (Phi) is 4.68. The molecule has 3 nitrogen and oxygen atoms in total. The van der Waals surface area contributed by atoms with E-state index in [1.54, 1.807) is 7.11 Å². The first-order chi connectivity index (χ1) is 8.22. The maximum Gasteiger partial charge on any atom is 0.123 e. The number of alkyl halides is 1. The predicted molar refractivity (Wildman–Crippen MR) is 70.2 cm³/mol. The van der Waals surface area contributed by atoms with Gasteiger partial charge in [0.25, 0.3) is 0 Å². The third-order valence-electron chi connectivity index (χ3n) is 2.66. The fraction of sp³-hybridized carbons (Fsp3) is 0.500. The van der Waals surface area contributed by atoms with Gasteiger partial charge in [-0.2, -0.15) is 0 Å². The summed E-state index contributed by atoms with van der Waals surface area (Å²) in [4.78, 5) is 0.0106. The quantitative estimate of drug-likeness (QED) is 0.800.